The highest BCUT2D eigenvalue weighted by Crippen LogP contribution is 2.48. The first-order chi connectivity index (χ1) is 13.6. The molecule has 3 aromatic carbocycles. The maximum Gasteiger partial charge on any atom is 0.228 e. The third-order valence-corrected chi connectivity index (χ3v) is 5.18. The summed E-state index contributed by atoms with van der Waals surface area (Å²) in [5.41, 5.74) is 5.16. The van der Waals surface area contributed by atoms with E-state index in [4.69, 9.17) is 4.74 Å². The number of ether oxygens (including phenoxy) is 1. The number of benzene rings is 3. The minimum atomic E-state index is -0.251. The number of halogens is 1. The Morgan fingerprint density at radius 2 is 1.57 bits per heavy atom. The molecule has 1 aliphatic carbocycles. The molecule has 0 heterocycles. The monoisotopic (exact) mass is 375 g/mol. The summed E-state index contributed by atoms with van der Waals surface area (Å²) in [5.74, 6) is -0.0891. The number of carbonyl (C=O) groups is 1. The fraction of sp³-hybridized carbons (Fsp3) is 0.208. The number of hydrogen-bond acceptors (Lipinski definition) is 2. The summed E-state index contributed by atoms with van der Waals surface area (Å²) in [7, 11) is 1.68. The van der Waals surface area contributed by atoms with Crippen LogP contribution < -0.4 is 5.32 Å². The van der Waals surface area contributed by atoms with E-state index >= 15 is 0 Å². The van der Waals surface area contributed by atoms with Crippen LogP contribution in [0.5, 0.6) is 0 Å². The van der Waals surface area contributed by atoms with Crippen LogP contribution in [0.3, 0.4) is 0 Å². The molecular formula is C24H22FNO2. The third kappa shape index (κ3) is 4.12. The Labute approximate surface area is 164 Å². The molecule has 0 aliphatic heterocycles. The molecule has 2 unspecified atom stereocenters. The van der Waals surface area contributed by atoms with Gasteiger partial charge in [0, 0.05) is 18.7 Å². The van der Waals surface area contributed by atoms with Crippen molar-refractivity contribution in [3.8, 4) is 11.1 Å². The Kier molecular flexibility index (Phi) is 5.22. The van der Waals surface area contributed by atoms with Gasteiger partial charge in [0.1, 0.15) is 5.82 Å². The standard InChI is InChI=1S/C24H22FNO2/c1-28-15-16-2-4-17(5-3-16)18-8-12-21(13-9-18)26-24(27)23-14-22(23)19-6-10-20(25)11-7-19/h2-13,22-23H,14-15H2,1H3,(H,26,27). The van der Waals surface area contributed by atoms with Crippen molar-refractivity contribution in [2.24, 2.45) is 5.92 Å². The number of anilines is 1. The molecule has 142 valence electrons. The quantitative estimate of drug-likeness (QED) is 0.628. The molecular weight excluding hydrogens is 353 g/mol. The Morgan fingerprint density at radius 1 is 0.964 bits per heavy atom. The van der Waals surface area contributed by atoms with E-state index in [1.54, 1.807) is 19.2 Å². The Balaban J connectivity index is 1.37. The molecule has 1 saturated carbocycles. The highest BCUT2D eigenvalue weighted by atomic mass is 19.1. The van der Waals surface area contributed by atoms with Crippen LogP contribution in [0.4, 0.5) is 10.1 Å². The number of nitrogens with one attached hydrogen (secondary N) is 1. The zero-order valence-electron chi connectivity index (χ0n) is 15.7. The van der Waals surface area contributed by atoms with Crippen molar-refractivity contribution in [1.29, 1.82) is 0 Å². The molecule has 4 heteroatoms. The first kappa shape index (κ1) is 18.4. The van der Waals surface area contributed by atoms with E-state index in [0.717, 1.165) is 34.4 Å². The van der Waals surface area contributed by atoms with Gasteiger partial charge in [-0.15, -0.1) is 0 Å². The van der Waals surface area contributed by atoms with Crippen LogP contribution in [0.15, 0.2) is 72.8 Å². The Morgan fingerprint density at radius 3 is 2.18 bits per heavy atom. The maximum atomic E-state index is 13.0. The van der Waals surface area contributed by atoms with Gasteiger partial charge in [0.25, 0.3) is 0 Å². The SMILES string of the molecule is COCc1ccc(-c2ccc(NC(=O)C3CC3c3ccc(F)cc3)cc2)cc1. The van der Waals surface area contributed by atoms with E-state index in [9.17, 15) is 9.18 Å². The summed E-state index contributed by atoms with van der Waals surface area (Å²) in [4.78, 5) is 12.5. The van der Waals surface area contributed by atoms with Crippen molar-refractivity contribution < 1.29 is 13.9 Å². The highest BCUT2D eigenvalue weighted by Gasteiger charge is 2.43. The van der Waals surface area contributed by atoms with E-state index in [-0.39, 0.29) is 23.6 Å². The zero-order chi connectivity index (χ0) is 19.5. The van der Waals surface area contributed by atoms with Crippen molar-refractivity contribution in [2.75, 3.05) is 12.4 Å². The molecule has 1 amide bonds. The van der Waals surface area contributed by atoms with Crippen molar-refractivity contribution >= 4 is 11.6 Å². The van der Waals surface area contributed by atoms with E-state index in [1.807, 2.05) is 24.3 Å². The molecule has 0 bridgehead atoms. The average Bonchev–Trinajstić information content (AvgIpc) is 3.51. The molecule has 1 aliphatic rings. The zero-order valence-corrected chi connectivity index (χ0v) is 15.7. The Hall–Kier alpha value is -2.98. The third-order valence-electron chi connectivity index (χ3n) is 5.18. The minimum Gasteiger partial charge on any atom is -0.380 e. The van der Waals surface area contributed by atoms with Gasteiger partial charge in [0.15, 0.2) is 0 Å². The molecule has 0 aromatic heterocycles. The van der Waals surface area contributed by atoms with Crippen molar-refractivity contribution in [3.63, 3.8) is 0 Å². The van der Waals surface area contributed by atoms with Gasteiger partial charge in [-0.25, -0.2) is 4.39 Å². The van der Waals surface area contributed by atoms with Crippen LogP contribution in [-0.2, 0) is 16.1 Å². The van der Waals surface area contributed by atoms with Crippen LogP contribution in [-0.4, -0.2) is 13.0 Å². The summed E-state index contributed by atoms with van der Waals surface area (Å²) in [6, 6.07) is 22.5. The van der Waals surface area contributed by atoms with Crippen LogP contribution in [0.1, 0.15) is 23.5 Å². The van der Waals surface area contributed by atoms with Crippen molar-refractivity contribution in [3.05, 3.63) is 89.7 Å². The van der Waals surface area contributed by atoms with E-state index < -0.39 is 0 Å². The lowest BCUT2D eigenvalue weighted by Crippen LogP contribution is -2.14. The second kappa shape index (κ2) is 7.95. The summed E-state index contributed by atoms with van der Waals surface area (Å²) >= 11 is 0. The van der Waals surface area contributed by atoms with Crippen molar-refractivity contribution in [1.82, 2.24) is 0 Å². The fourth-order valence-corrected chi connectivity index (χ4v) is 3.50. The molecule has 4 rings (SSSR count). The second-order valence-electron chi connectivity index (χ2n) is 7.20. The smallest absolute Gasteiger partial charge is 0.228 e. The fourth-order valence-electron chi connectivity index (χ4n) is 3.50. The van der Waals surface area contributed by atoms with Gasteiger partial charge in [-0.2, -0.15) is 0 Å². The Bertz CT molecular complexity index is 949. The highest BCUT2D eigenvalue weighted by molar-refractivity contribution is 5.95. The molecule has 0 spiro atoms. The number of hydrogen-bond donors (Lipinski definition) is 1. The van der Waals surface area contributed by atoms with E-state index in [2.05, 4.69) is 29.6 Å². The molecule has 3 aromatic rings. The number of rotatable bonds is 6. The molecule has 28 heavy (non-hydrogen) atoms. The summed E-state index contributed by atoms with van der Waals surface area (Å²) in [6.45, 7) is 0.603. The lowest BCUT2D eigenvalue weighted by molar-refractivity contribution is -0.117. The summed E-state index contributed by atoms with van der Waals surface area (Å²) < 4.78 is 18.2. The van der Waals surface area contributed by atoms with Crippen LogP contribution in [0.2, 0.25) is 0 Å². The lowest BCUT2D eigenvalue weighted by atomic mass is 10.0. The number of amides is 1. The first-order valence-corrected chi connectivity index (χ1v) is 9.38. The van der Waals surface area contributed by atoms with Gasteiger partial charge in [-0.05, 0) is 58.9 Å². The van der Waals surface area contributed by atoms with Gasteiger partial charge < -0.3 is 10.1 Å². The normalized spacial score (nSPS) is 17.9. The maximum absolute atomic E-state index is 13.0. The molecule has 0 radical (unpaired) electrons. The number of methoxy groups -OCH3 is 1. The first-order valence-electron chi connectivity index (χ1n) is 9.38. The lowest BCUT2D eigenvalue weighted by Gasteiger charge is -2.08. The summed E-state index contributed by atoms with van der Waals surface area (Å²) in [6.07, 6.45) is 0.809. The van der Waals surface area contributed by atoms with Crippen molar-refractivity contribution in [2.45, 2.75) is 18.9 Å². The second-order valence-corrected chi connectivity index (χ2v) is 7.20. The van der Waals surface area contributed by atoms with Crippen LogP contribution in [0, 0.1) is 11.7 Å². The van der Waals surface area contributed by atoms with Crippen LogP contribution in [0.25, 0.3) is 11.1 Å². The topological polar surface area (TPSA) is 38.3 Å². The van der Waals surface area contributed by atoms with Gasteiger partial charge >= 0.3 is 0 Å². The van der Waals surface area contributed by atoms with E-state index in [0.29, 0.717) is 6.61 Å². The predicted octanol–water partition coefficient (Wildman–Crippen LogP) is 5.38. The molecule has 3 nitrogen and oxygen atoms in total. The molecule has 1 fully saturated rings. The predicted molar refractivity (Wildman–Crippen MR) is 108 cm³/mol. The minimum absolute atomic E-state index is 0.0194. The van der Waals surface area contributed by atoms with Crippen LogP contribution >= 0.6 is 0 Å². The van der Waals surface area contributed by atoms with Gasteiger partial charge in [-0.3, -0.25) is 4.79 Å². The number of carbonyl (C=O) groups excluding carboxylic acids is 1. The van der Waals surface area contributed by atoms with Gasteiger partial charge in [0.2, 0.25) is 5.91 Å². The van der Waals surface area contributed by atoms with Gasteiger partial charge in [-0.1, -0.05) is 48.5 Å². The summed E-state index contributed by atoms with van der Waals surface area (Å²) in [5, 5.41) is 2.99. The van der Waals surface area contributed by atoms with E-state index in [1.165, 1.54) is 12.1 Å². The molecule has 0 saturated heterocycles. The molecule has 1 N–H and O–H groups in total. The largest absolute Gasteiger partial charge is 0.380 e. The molecule has 2 atom stereocenters. The average molecular weight is 375 g/mol. The van der Waals surface area contributed by atoms with Gasteiger partial charge in [0.05, 0.1) is 6.61 Å².